The van der Waals surface area contributed by atoms with Crippen molar-refractivity contribution in [3.8, 4) is 17.7 Å². The van der Waals surface area contributed by atoms with E-state index in [-0.39, 0.29) is 5.88 Å². The smallest absolute Gasteiger partial charge is 0.257 e. The Morgan fingerprint density at radius 2 is 2.06 bits per heavy atom. The van der Waals surface area contributed by atoms with Gasteiger partial charge in [0.05, 0.1) is 16.9 Å². The molecule has 0 aliphatic carbocycles. The van der Waals surface area contributed by atoms with E-state index in [0.29, 0.717) is 22.0 Å². The highest BCUT2D eigenvalue weighted by molar-refractivity contribution is 6.30. The number of ether oxygens (including phenoxy) is 1. The molecule has 0 aliphatic rings. The van der Waals surface area contributed by atoms with E-state index in [1.165, 1.54) is 12.4 Å². The molecule has 5 nitrogen and oxygen atoms in total. The largest absolute Gasteiger partial charge is 0.435 e. The molecule has 0 saturated carbocycles. The van der Waals surface area contributed by atoms with Gasteiger partial charge in [0, 0.05) is 12.3 Å². The Balaban J connectivity index is 2.42. The Labute approximate surface area is 109 Å². The molecule has 0 fully saturated rings. The van der Waals surface area contributed by atoms with Crippen molar-refractivity contribution in [3.05, 3.63) is 40.3 Å². The van der Waals surface area contributed by atoms with Crippen molar-refractivity contribution in [2.24, 2.45) is 0 Å². The van der Waals surface area contributed by atoms with Crippen LogP contribution in [0.2, 0.25) is 5.02 Å². The first-order valence-corrected chi connectivity index (χ1v) is 5.52. The van der Waals surface area contributed by atoms with Gasteiger partial charge in [0.25, 0.3) is 5.88 Å². The standard InChI is InChI=1S/C12H9ClN4O/c1-7-8(2)16-17-12(11(7)4-14)18-10-3-9(13)5-15-6-10/h3,5-6H,1-2H3. The second-order valence-electron chi connectivity index (χ2n) is 3.64. The van der Waals surface area contributed by atoms with E-state index in [2.05, 4.69) is 21.3 Å². The van der Waals surface area contributed by atoms with E-state index in [1.54, 1.807) is 19.9 Å². The fourth-order valence-electron chi connectivity index (χ4n) is 1.35. The number of hydrogen-bond donors (Lipinski definition) is 0. The molecule has 6 heteroatoms. The molecule has 0 amide bonds. The predicted octanol–water partition coefficient (Wildman–Crippen LogP) is 2.81. The quantitative estimate of drug-likeness (QED) is 0.830. The lowest BCUT2D eigenvalue weighted by Gasteiger charge is -2.08. The molecule has 0 spiro atoms. The molecule has 0 atom stereocenters. The summed E-state index contributed by atoms with van der Waals surface area (Å²) in [5.41, 5.74) is 1.81. The summed E-state index contributed by atoms with van der Waals surface area (Å²) in [6.07, 6.45) is 2.98. The SMILES string of the molecule is Cc1nnc(Oc2cncc(Cl)c2)c(C#N)c1C. The topological polar surface area (TPSA) is 71.7 Å². The van der Waals surface area contributed by atoms with Crippen molar-refractivity contribution < 1.29 is 4.74 Å². The number of nitrogens with zero attached hydrogens (tertiary/aromatic N) is 4. The number of nitriles is 1. The summed E-state index contributed by atoms with van der Waals surface area (Å²) >= 11 is 5.80. The highest BCUT2D eigenvalue weighted by Gasteiger charge is 2.13. The number of aryl methyl sites for hydroxylation is 1. The van der Waals surface area contributed by atoms with Gasteiger partial charge >= 0.3 is 0 Å². The van der Waals surface area contributed by atoms with Crippen molar-refractivity contribution in [1.29, 1.82) is 5.26 Å². The van der Waals surface area contributed by atoms with Gasteiger partial charge in [0.15, 0.2) is 0 Å². The number of halogens is 1. The van der Waals surface area contributed by atoms with Gasteiger partial charge in [-0.2, -0.15) is 10.4 Å². The number of hydrogen-bond acceptors (Lipinski definition) is 5. The minimum Gasteiger partial charge on any atom is -0.435 e. The Bertz CT molecular complexity index is 636. The minimum atomic E-state index is 0.157. The van der Waals surface area contributed by atoms with Gasteiger partial charge in [-0.1, -0.05) is 11.6 Å². The lowest BCUT2D eigenvalue weighted by atomic mass is 10.1. The average molecular weight is 261 g/mol. The average Bonchev–Trinajstić information content (AvgIpc) is 2.34. The van der Waals surface area contributed by atoms with Crippen LogP contribution in [0.5, 0.6) is 11.6 Å². The molecule has 0 unspecified atom stereocenters. The molecule has 0 aliphatic heterocycles. The number of rotatable bonds is 2. The highest BCUT2D eigenvalue weighted by Crippen LogP contribution is 2.26. The molecule has 0 bridgehead atoms. The highest BCUT2D eigenvalue weighted by atomic mass is 35.5. The zero-order valence-electron chi connectivity index (χ0n) is 9.81. The Morgan fingerprint density at radius 1 is 1.28 bits per heavy atom. The van der Waals surface area contributed by atoms with Crippen molar-refractivity contribution in [3.63, 3.8) is 0 Å². The van der Waals surface area contributed by atoms with E-state index in [4.69, 9.17) is 21.6 Å². The van der Waals surface area contributed by atoms with Gasteiger partial charge in [-0.15, -0.1) is 5.10 Å². The van der Waals surface area contributed by atoms with Crippen LogP contribution in [-0.2, 0) is 0 Å². The predicted molar refractivity (Wildman–Crippen MR) is 65.5 cm³/mol. The van der Waals surface area contributed by atoms with E-state index in [0.717, 1.165) is 5.56 Å². The lowest BCUT2D eigenvalue weighted by molar-refractivity contribution is 0.450. The summed E-state index contributed by atoms with van der Waals surface area (Å²) in [6, 6.07) is 3.65. The maximum absolute atomic E-state index is 9.12. The zero-order chi connectivity index (χ0) is 13.1. The van der Waals surface area contributed by atoms with Crippen molar-refractivity contribution in [2.75, 3.05) is 0 Å². The molecule has 90 valence electrons. The molecule has 2 rings (SSSR count). The Morgan fingerprint density at radius 3 is 2.72 bits per heavy atom. The fourth-order valence-corrected chi connectivity index (χ4v) is 1.51. The Hall–Kier alpha value is -2.19. The zero-order valence-corrected chi connectivity index (χ0v) is 10.6. The van der Waals surface area contributed by atoms with Crippen LogP contribution in [0, 0.1) is 25.2 Å². The molecule has 0 N–H and O–H groups in total. The van der Waals surface area contributed by atoms with Crippen molar-refractivity contribution in [2.45, 2.75) is 13.8 Å². The molecular formula is C12H9ClN4O. The minimum absolute atomic E-state index is 0.157. The third-order valence-corrected chi connectivity index (χ3v) is 2.64. The first-order chi connectivity index (χ1) is 8.61. The van der Waals surface area contributed by atoms with E-state index in [1.807, 2.05) is 0 Å². The molecule has 0 aromatic carbocycles. The monoisotopic (exact) mass is 260 g/mol. The third-order valence-electron chi connectivity index (χ3n) is 2.43. The first kappa shape index (κ1) is 12.3. The molecule has 18 heavy (non-hydrogen) atoms. The van der Waals surface area contributed by atoms with Crippen LogP contribution in [0.1, 0.15) is 16.8 Å². The van der Waals surface area contributed by atoms with E-state index < -0.39 is 0 Å². The second-order valence-corrected chi connectivity index (χ2v) is 4.08. The molecule has 2 heterocycles. The van der Waals surface area contributed by atoms with Gasteiger partial charge < -0.3 is 4.74 Å². The van der Waals surface area contributed by atoms with Crippen LogP contribution in [-0.4, -0.2) is 15.2 Å². The summed E-state index contributed by atoms with van der Waals surface area (Å²) < 4.78 is 5.47. The van der Waals surface area contributed by atoms with Gasteiger partial charge in [-0.05, 0) is 19.4 Å². The van der Waals surface area contributed by atoms with Gasteiger partial charge in [0.1, 0.15) is 17.4 Å². The van der Waals surface area contributed by atoms with E-state index >= 15 is 0 Å². The van der Waals surface area contributed by atoms with Crippen LogP contribution in [0.3, 0.4) is 0 Å². The maximum atomic E-state index is 9.12. The Kier molecular flexibility index (Phi) is 3.40. The molecular weight excluding hydrogens is 252 g/mol. The maximum Gasteiger partial charge on any atom is 0.257 e. The summed E-state index contributed by atoms with van der Waals surface area (Å²) in [5, 5.41) is 17.4. The van der Waals surface area contributed by atoms with Crippen LogP contribution in [0.25, 0.3) is 0 Å². The fraction of sp³-hybridized carbons (Fsp3) is 0.167. The molecule has 0 radical (unpaired) electrons. The summed E-state index contributed by atoms with van der Waals surface area (Å²) in [5.74, 6) is 0.571. The summed E-state index contributed by atoms with van der Waals surface area (Å²) in [6.45, 7) is 3.58. The van der Waals surface area contributed by atoms with Crippen molar-refractivity contribution >= 4 is 11.6 Å². The number of pyridine rings is 1. The number of aromatic nitrogens is 3. The second kappa shape index (κ2) is 4.98. The van der Waals surface area contributed by atoms with Gasteiger partial charge in [0.2, 0.25) is 0 Å². The van der Waals surface area contributed by atoms with Crippen LogP contribution in [0.15, 0.2) is 18.5 Å². The van der Waals surface area contributed by atoms with Gasteiger partial charge in [-0.3, -0.25) is 4.98 Å². The lowest BCUT2D eigenvalue weighted by Crippen LogP contribution is -2.00. The molecule has 0 saturated heterocycles. The molecule has 2 aromatic heterocycles. The van der Waals surface area contributed by atoms with Gasteiger partial charge in [-0.25, -0.2) is 0 Å². The van der Waals surface area contributed by atoms with Crippen LogP contribution >= 0.6 is 11.6 Å². The summed E-state index contributed by atoms with van der Waals surface area (Å²) in [4.78, 5) is 3.89. The first-order valence-electron chi connectivity index (χ1n) is 5.14. The van der Waals surface area contributed by atoms with Crippen LogP contribution in [0.4, 0.5) is 0 Å². The van der Waals surface area contributed by atoms with Crippen molar-refractivity contribution in [1.82, 2.24) is 15.2 Å². The van der Waals surface area contributed by atoms with Crippen LogP contribution < -0.4 is 4.74 Å². The van der Waals surface area contributed by atoms with E-state index in [9.17, 15) is 0 Å². The molecule has 2 aromatic rings. The summed E-state index contributed by atoms with van der Waals surface area (Å²) in [7, 11) is 0. The third kappa shape index (κ3) is 2.39. The normalized spacial score (nSPS) is 9.89.